The molecule has 1 aliphatic rings. The molecule has 0 radical (unpaired) electrons. The highest BCUT2D eigenvalue weighted by atomic mass is 16.5. The predicted octanol–water partition coefficient (Wildman–Crippen LogP) is 2.81. The average molecular weight is 453 g/mol. The Hall–Kier alpha value is -3.88. The SMILES string of the molecule is NC(N)=Nc1ccc(C(=O)Oc2ccc(C(=O)OCC(=O)NC3CCCCCC3)cc2)cc1. The predicted molar refractivity (Wildman–Crippen MR) is 123 cm³/mol. The van der Waals surface area contributed by atoms with Crippen molar-refractivity contribution < 1.29 is 23.9 Å². The summed E-state index contributed by atoms with van der Waals surface area (Å²) in [6.07, 6.45) is 6.51. The van der Waals surface area contributed by atoms with Gasteiger partial charge in [-0.05, 0) is 61.4 Å². The first-order valence-corrected chi connectivity index (χ1v) is 10.9. The lowest BCUT2D eigenvalue weighted by Crippen LogP contribution is -2.37. The number of carbonyl (C=O) groups excluding carboxylic acids is 3. The maximum atomic E-state index is 12.3. The fraction of sp³-hybridized carbons (Fsp3) is 0.333. The van der Waals surface area contributed by atoms with Crippen LogP contribution in [0.1, 0.15) is 59.2 Å². The van der Waals surface area contributed by atoms with Gasteiger partial charge in [0.15, 0.2) is 12.6 Å². The summed E-state index contributed by atoms with van der Waals surface area (Å²) in [5.74, 6) is -1.32. The maximum Gasteiger partial charge on any atom is 0.343 e. The number of hydrogen-bond donors (Lipinski definition) is 3. The highest BCUT2D eigenvalue weighted by molar-refractivity contribution is 5.93. The lowest BCUT2D eigenvalue weighted by Gasteiger charge is -2.16. The van der Waals surface area contributed by atoms with Crippen LogP contribution in [-0.2, 0) is 9.53 Å². The number of aliphatic imine (C=N–C) groups is 1. The topological polar surface area (TPSA) is 146 Å². The van der Waals surface area contributed by atoms with Crippen LogP contribution in [0.15, 0.2) is 53.5 Å². The van der Waals surface area contributed by atoms with E-state index < -0.39 is 11.9 Å². The first-order valence-electron chi connectivity index (χ1n) is 10.9. The Kier molecular flexibility index (Phi) is 8.40. The van der Waals surface area contributed by atoms with Crippen molar-refractivity contribution in [3.8, 4) is 5.75 Å². The molecule has 0 aromatic heterocycles. The third kappa shape index (κ3) is 7.64. The number of amides is 1. The molecule has 0 saturated heterocycles. The molecule has 0 unspecified atom stereocenters. The minimum Gasteiger partial charge on any atom is -0.452 e. The van der Waals surface area contributed by atoms with Crippen molar-refractivity contribution in [2.24, 2.45) is 16.5 Å². The van der Waals surface area contributed by atoms with E-state index in [1.807, 2.05) is 0 Å². The summed E-state index contributed by atoms with van der Waals surface area (Å²) in [4.78, 5) is 40.5. The van der Waals surface area contributed by atoms with Crippen LogP contribution < -0.4 is 21.5 Å². The molecular formula is C24H28N4O5. The van der Waals surface area contributed by atoms with E-state index in [9.17, 15) is 14.4 Å². The van der Waals surface area contributed by atoms with Crippen LogP contribution in [0.25, 0.3) is 0 Å². The smallest absolute Gasteiger partial charge is 0.343 e. The minimum absolute atomic E-state index is 0.0794. The third-order valence-corrected chi connectivity index (χ3v) is 5.22. The Bertz CT molecular complexity index is 991. The Morgan fingerprint density at radius 2 is 1.42 bits per heavy atom. The number of nitrogens with two attached hydrogens (primary N) is 2. The van der Waals surface area contributed by atoms with Gasteiger partial charge in [0.2, 0.25) is 0 Å². The maximum absolute atomic E-state index is 12.3. The van der Waals surface area contributed by atoms with Gasteiger partial charge in [-0.2, -0.15) is 0 Å². The van der Waals surface area contributed by atoms with E-state index in [1.165, 1.54) is 49.2 Å². The average Bonchev–Trinajstić information content (AvgIpc) is 3.06. The quantitative estimate of drug-likeness (QED) is 0.192. The molecule has 1 saturated carbocycles. The zero-order valence-corrected chi connectivity index (χ0v) is 18.3. The molecule has 9 heteroatoms. The summed E-state index contributed by atoms with van der Waals surface area (Å²) in [5, 5.41) is 2.93. The monoisotopic (exact) mass is 452 g/mol. The molecule has 0 atom stereocenters. The van der Waals surface area contributed by atoms with Gasteiger partial charge in [-0.25, -0.2) is 14.6 Å². The largest absolute Gasteiger partial charge is 0.452 e. The van der Waals surface area contributed by atoms with Gasteiger partial charge in [0.05, 0.1) is 16.8 Å². The fourth-order valence-corrected chi connectivity index (χ4v) is 3.55. The highest BCUT2D eigenvalue weighted by Crippen LogP contribution is 2.18. The molecule has 3 rings (SSSR count). The van der Waals surface area contributed by atoms with Crippen LogP contribution >= 0.6 is 0 Å². The van der Waals surface area contributed by atoms with Crippen LogP contribution in [0, 0.1) is 0 Å². The van der Waals surface area contributed by atoms with Gasteiger partial charge in [-0.15, -0.1) is 0 Å². The summed E-state index contributed by atoms with van der Waals surface area (Å²) < 4.78 is 10.4. The molecule has 1 aliphatic carbocycles. The van der Waals surface area contributed by atoms with Gasteiger partial charge in [-0.1, -0.05) is 25.7 Å². The van der Waals surface area contributed by atoms with E-state index in [0.29, 0.717) is 11.3 Å². The van der Waals surface area contributed by atoms with Gasteiger partial charge in [0, 0.05) is 6.04 Å². The summed E-state index contributed by atoms with van der Waals surface area (Å²) in [6, 6.07) is 12.3. The summed E-state index contributed by atoms with van der Waals surface area (Å²) in [5.41, 5.74) is 11.7. The molecule has 5 N–H and O–H groups in total. The Balaban J connectivity index is 1.47. The summed E-state index contributed by atoms with van der Waals surface area (Å²) >= 11 is 0. The van der Waals surface area contributed by atoms with Crippen LogP contribution in [0.5, 0.6) is 5.75 Å². The fourth-order valence-electron chi connectivity index (χ4n) is 3.55. The molecule has 1 fully saturated rings. The second kappa shape index (κ2) is 11.7. The van der Waals surface area contributed by atoms with Crippen LogP contribution in [0.3, 0.4) is 0 Å². The van der Waals surface area contributed by atoms with Gasteiger partial charge < -0.3 is 26.3 Å². The Morgan fingerprint density at radius 3 is 2.03 bits per heavy atom. The molecular weight excluding hydrogens is 424 g/mol. The number of carbonyl (C=O) groups is 3. The van der Waals surface area contributed by atoms with Crippen LogP contribution in [0.2, 0.25) is 0 Å². The van der Waals surface area contributed by atoms with Crippen molar-refractivity contribution in [2.45, 2.75) is 44.6 Å². The number of hydrogen-bond acceptors (Lipinski definition) is 6. The van der Waals surface area contributed by atoms with Gasteiger partial charge in [0.1, 0.15) is 5.75 Å². The number of nitrogens with one attached hydrogen (secondary N) is 1. The zero-order valence-electron chi connectivity index (χ0n) is 18.3. The van der Waals surface area contributed by atoms with Crippen molar-refractivity contribution in [2.75, 3.05) is 6.61 Å². The van der Waals surface area contributed by atoms with E-state index in [2.05, 4.69) is 10.3 Å². The van der Waals surface area contributed by atoms with E-state index in [-0.39, 0.29) is 35.8 Å². The standard InChI is InChI=1S/C24H28N4O5/c25-24(26)28-19-11-7-17(8-12-19)23(31)33-20-13-9-16(10-14-20)22(30)32-15-21(29)27-18-5-3-1-2-4-6-18/h7-14,18H,1-6,15H2,(H,27,29)(H4,25,26,28). The van der Waals surface area contributed by atoms with Crippen molar-refractivity contribution in [3.63, 3.8) is 0 Å². The van der Waals surface area contributed by atoms with Crippen molar-refractivity contribution >= 4 is 29.5 Å². The lowest BCUT2D eigenvalue weighted by molar-refractivity contribution is -0.125. The minimum atomic E-state index is -0.626. The van der Waals surface area contributed by atoms with E-state index in [4.69, 9.17) is 20.9 Å². The number of benzene rings is 2. The molecule has 9 nitrogen and oxygen atoms in total. The van der Waals surface area contributed by atoms with Crippen molar-refractivity contribution in [1.82, 2.24) is 5.32 Å². The van der Waals surface area contributed by atoms with Gasteiger partial charge in [0.25, 0.3) is 5.91 Å². The highest BCUT2D eigenvalue weighted by Gasteiger charge is 2.17. The number of rotatable bonds is 7. The molecule has 2 aromatic carbocycles. The Morgan fingerprint density at radius 1 is 0.848 bits per heavy atom. The summed E-state index contributed by atoms with van der Waals surface area (Å²) in [7, 11) is 0. The van der Waals surface area contributed by atoms with E-state index in [0.717, 1.165) is 25.7 Å². The lowest BCUT2D eigenvalue weighted by atomic mass is 10.1. The molecule has 33 heavy (non-hydrogen) atoms. The summed E-state index contributed by atoms with van der Waals surface area (Å²) in [6.45, 7) is -0.331. The number of esters is 2. The van der Waals surface area contributed by atoms with Gasteiger partial charge in [-0.3, -0.25) is 4.79 Å². The molecule has 0 spiro atoms. The Labute approximate surface area is 192 Å². The zero-order chi connectivity index (χ0) is 23.6. The van der Waals surface area contributed by atoms with Crippen LogP contribution in [-0.4, -0.2) is 36.5 Å². The molecule has 0 aliphatic heterocycles. The number of nitrogens with zero attached hydrogens (tertiary/aromatic N) is 1. The number of guanidine groups is 1. The first-order chi connectivity index (χ1) is 15.9. The molecule has 0 bridgehead atoms. The molecule has 174 valence electrons. The van der Waals surface area contributed by atoms with E-state index >= 15 is 0 Å². The second-order valence-corrected chi connectivity index (χ2v) is 7.83. The third-order valence-electron chi connectivity index (χ3n) is 5.22. The molecule has 0 heterocycles. The molecule has 2 aromatic rings. The van der Waals surface area contributed by atoms with E-state index in [1.54, 1.807) is 12.1 Å². The van der Waals surface area contributed by atoms with Crippen LogP contribution in [0.4, 0.5) is 5.69 Å². The normalized spacial score (nSPS) is 13.9. The number of ether oxygens (including phenoxy) is 2. The van der Waals surface area contributed by atoms with Gasteiger partial charge >= 0.3 is 11.9 Å². The molecule has 1 amide bonds. The van der Waals surface area contributed by atoms with Crippen molar-refractivity contribution in [3.05, 3.63) is 59.7 Å². The second-order valence-electron chi connectivity index (χ2n) is 7.83. The first kappa shape index (κ1) is 23.8. The van der Waals surface area contributed by atoms with Crippen molar-refractivity contribution in [1.29, 1.82) is 0 Å².